The van der Waals surface area contributed by atoms with Crippen LogP contribution < -0.4 is 9.47 Å². The molecule has 0 bridgehead atoms. The van der Waals surface area contributed by atoms with Gasteiger partial charge >= 0.3 is 5.97 Å². The summed E-state index contributed by atoms with van der Waals surface area (Å²) in [6.07, 6.45) is 1.73. The normalized spacial score (nSPS) is 16.1. The summed E-state index contributed by atoms with van der Waals surface area (Å²) in [4.78, 5) is 25.7. The number of methoxy groups -OCH3 is 2. The molecule has 1 unspecified atom stereocenters. The van der Waals surface area contributed by atoms with E-state index in [1.165, 1.54) is 18.1 Å². The van der Waals surface area contributed by atoms with Crippen molar-refractivity contribution >= 4 is 11.9 Å². The Balaban J connectivity index is 1.95. The highest BCUT2D eigenvalue weighted by Crippen LogP contribution is 2.39. The van der Waals surface area contributed by atoms with Gasteiger partial charge in [-0.1, -0.05) is 0 Å². The zero-order valence-corrected chi connectivity index (χ0v) is 14.5. The molecule has 10 nitrogen and oxygen atoms in total. The maximum atomic E-state index is 12.7. The van der Waals surface area contributed by atoms with Crippen LogP contribution in [0.4, 0.5) is 0 Å². The number of benzene rings is 1. The minimum Gasteiger partial charge on any atom is -0.493 e. The third-order valence-electron chi connectivity index (χ3n) is 4.38. The Labute approximate surface area is 149 Å². The molecule has 1 aromatic heterocycles. The highest BCUT2D eigenvalue weighted by Gasteiger charge is 2.33. The van der Waals surface area contributed by atoms with Crippen LogP contribution in [0.25, 0.3) is 0 Å². The molecule has 0 saturated carbocycles. The zero-order valence-electron chi connectivity index (χ0n) is 14.5. The number of fused-ring (bicyclic) bond motifs is 1. The molecule has 1 aliphatic rings. The first-order chi connectivity index (χ1) is 12.5. The second-order valence-corrected chi connectivity index (χ2v) is 5.86. The van der Waals surface area contributed by atoms with Gasteiger partial charge in [-0.15, -0.1) is 5.10 Å². The van der Waals surface area contributed by atoms with Gasteiger partial charge in [-0.2, -0.15) is 0 Å². The number of nitrogens with zero attached hydrogens (tertiary/aromatic N) is 5. The van der Waals surface area contributed by atoms with Crippen molar-refractivity contribution in [3.63, 3.8) is 0 Å². The van der Waals surface area contributed by atoms with Gasteiger partial charge in [0.05, 0.1) is 26.7 Å². The van der Waals surface area contributed by atoms with Crippen LogP contribution in [0.3, 0.4) is 0 Å². The minimum absolute atomic E-state index is 0.0499. The van der Waals surface area contributed by atoms with Crippen molar-refractivity contribution in [2.75, 3.05) is 20.8 Å². The predicted octanol–water partition coefficient (Wildman–Crippen LogP) is 0.291. The van der Waals surface area contributed by atoms with Crippen molar-refractivity contribution in [3.8, 4) is 11.5 Å². The average molecular weight is 361 g/mol. The molecule has 0 saturated heterocycles. The number of aliphatic carboxylic acids is 1. The third kappa shape index (κ3) is 3.44. The van der Waals surface area contributed by atoms with Crippen LogP contribution in [0.1, 0.15) is 23.6 Å². The molecule has 2 aromatic rings. The van der Waals surface area contributed by atoms with Crippen LogP contribution in [0.2, 0.25) is 0 Å². The molecular formula is C16H19N5O5. The standard InChI is InChI=1S/C16H19N5O5/c1-25-13-5-10-3-4-21(15(22)8-20-9-17-18-19-20)12(7-16(23)24)11(10)6-14(13)26-2/h5-6,9,12H,3-4,7-8H2,1-2H3,(H,23,24). The Kier molecular flexibility index (Phi) is 5.01. The summed E-state index contributed by atoms with van der Waals surface area (Å²) < 4.78 is 12.0. The van der Waals surface area contributed by atoms with Crippen molar-refractivity contribution in [3.05, 3.63) is 29.6 Å². The fraction of sp³-hybridized carbons (Fsp3) is 0.438. The number of aromatic nitrogens is 4. The number of rotatable bonds is 6. The summed E-state index contributed by atoms with van der Waals surface area (Å²) in [6.45, 7) is 0.354. The molecule has 1 amide bonds. The molecule has 0 spiro atoms. The van der Waals surface area contributed by atoms with Crippen LogP contribution in [-0.4, -0.2) is 62.9 Å². The van der Waals surface area contributed by atoms with E-state index in [4.69, 9.17) is 9.47 Å². The van der Waals surface area contributed by atoms with Gasteiger partial charge < -0.3 is 19.5 Å². The number of carbonyl (C=O) groups is 2. The van der Waals surface area contributed by atoms with Gasteiger partial charge in [0.25, 0.3) is 0 Å². The van der Waals surface area contributed by atoms with Crippen LogP contribution >= 0.6 is 0 Å². The summed E-state index contributed by atoms with van der Waals surface area (Å²) in [5.41, 5.74) is 1.70. The maximum Gasteiger partial charge on any atom is 0.305 e. The lowest BCUT2D eigenvalue weighted by molar-refractivity contribution is -0.141. The van der Waals surface area contributed by atoms with Gasteiger partial charge in [0.2, 0.25) is 5.91 Å². The number of carboxylic acid groups (broad SMARTS) is 1. The third-order valence-corrected chi connectivity index (χ3v) is 4.38. The van der Waals surface area contributed by atoms with E-state index in [0.29, 0.717) is 24.5 Å². The predicted molar refractivity (Wildman–Crippen MR) is 87.8 cm³/mol. The van der Waals surface area contributed by atoms with Crippen molar-refractivity contribution in [1.82, 2.24) is 25.1 Å². The first-order valence-corrected chi connectivity index (χ1v) is 8.00. The number of amides is 1. The van der Waals surface area contributed by atoms with Gasteiger partial charge in [-0.3, -0.25) is 9.59 Å². The van der Waals surface area contributed by atoms with Crippen molar-refractivity contribution in [2.45, 2.75) is 25.4 Å². The topological polar surface area (TPSA) is 120 Å². The van der Waals surface area contributed by atoms with E-state index in [0.717, 1.165) is 11.1 Å². The molecule has 0 fully saturated rings. The minimum atomic E-state index is -0.988. The number of carboxylic acids is 1. The van der Waals surface area contributed by atoms with Crippen LogP contribution in [0.15, 0.2) is 18.5 Å². The number of hydrogen-bond acceptors (Lipinski definition) is 7. The Morgan fingerprint density at radius 1 is 1.27 bits per heavy atom. The van der Waals surface area contributed by atoms with E-state index in [9.17, 15) is 14.7 Å². The molecular weight excluding hydrogens is 342 g/mol. The second-order valence-electron chi connectivity index (χ2n) is 5.86. The fourth-order valence-corrected chi connectivity index (χ4v) is 3.19. The molecule has 0 aliphatic carbocycles. The van der Waals surface area contributed by atoms with E-state index in [1.54, 1.807) is 18.1 Å². The Morgan fingerprint density at radius 2 is 2.00 bits per heavy atom. The van der Waals surface area contributed by atoms with E-state index in [2.05, 4.69) is 15.5 Å². The lowest BCUT2D eigenvalue weighted by atomic mass is 9.90. The van der Waals surface area contributed by atoms with Gasteiger partial charge in [0.1, 0.15) is 12.9 Å². The average Bonchev–Trinajstić information content (AvgIpc) is 3.13. The van der Waals surface area contributed by atoms with Gasteiger partial charge in [-0.05, 0) is 40.1 Å². The van der Waals surface area contributed by atoms with Crippen molar-refractivity contribution in [1.29, 1.82) is 0 Å². The molecule has 1 atom stereocenters. The summed E-state index contributed by atoms with van der Waals surface area (Å²) in [5, 5.41) is 20.0. The first-order valence-electron chi connectivity index (χ1n) is 8.00. The lowest BCUT2D eigenvalue weighted by Gasteiger charge is -2.37. The molecule has 2 heterocycles. The molecule has 1 aliphatic heterocycles. The van der Waals surface area contributed by atoms with Crippen LogP contribution in [0.5, 0.6) is 11.5 Å². The second kappa shape index (κ2) is 7.38. The first kappa shape index (κ1) is 17.6. The van der Waals surface area contributed by atoms with Gasteiger partial charge in [0.15, 0.2) is 11.5 Å². The molecule has 138 valence electrons. The lowest BCUT2D eigenvalue weighted by Crippen LogP contribution is -2.42. The summed E-state index contributed by atoms with van der Waals surface area (Å²) in [6, 6.07) is 2.99. The summed E-state index contributed by atoms with van der Waals surface area (Å²) in [5.74, 6) is -0.160. The van der Waals surface area contributed by atoms with Crippen molar-refractivity contribution in [2.24, 2.45) is 0 Å². The van der Waals surface area contributed by atoms with Gasteiger partial charge in [-0.25, -0.2) is 4.68 Å². The van der Waals surface area contributed by atoms with E-state index in [1.807, 2.05) is 6.07 Å². The highest BCUT2D eigenvalue weighted by molar-refractivity contribution is 5.78. The summed E-state index contributed by atoms with van der Waals surface area (Å²) in [7, 11) is 3.06. The molecule has 1 N–H and O–H groups in total. The Bertz CT molecular complexity index is 808. The highest BCUT2D eigenvalue weighted by atomic mass is 16.5. The van der Waals surface area contributed by atoms with Crippen molar-refractivity contribution < 1.29 is 24.2 Å². The smallest absolute Gasteiger partial charge is 0.305 e. The van der Waals surface area contributed by atoms with E-state index < -0.39 is 12.0 Å². The molecule has 10 heteroatoms. The molecule has 0 radical (unpaired) electrons. The summed E-state index contributed by atoms with van der Waals surface area (Å²) >= 11 is 0. The maximum absolute atomic E-state index is 12.7. The van der Waals surface area contributed by atoms with E-state index >= 15 is 0 Å². The fourth-order valence-electron chi connectivity index (χ4n) is 3.19. The molecule has 3 rings (SSSR count). The monoisotopic (exact) mass is 361 g/mol. The number of ether oxygens (including phenoxy) is 2. The number of carbonyl (C=O) groups excluding carboxylic acids is 1. The molecule has 1 aromatic carbocycles. The SMILES string of the molecule is COc1cc2c(cc1OC)C(CC(=O)O)N(C(=O)Cn1cnnn1)CC2. The van der Waals surface area contributed by atoms with E-state index in [-0.39, 0.29) is 18.9 Å². The number of tetrazole rings is 1. The Hall–Kier alpha value is -3.17. The largest absolute Gasteiger partial charge is 0.493 e. The van der Waals surface area contributed by atoms with Crippen LogP contribution in [0, 0.1) is 0 Å². The number of hydrogen-bond donors (Lipinski definition) is 1. The zero-order chi connectivity index (χ0) is 18.7. The quantitative estimate of drug-likeness (QED) is 0.780. The van der Waals surface area contributed by atoms with Crippen LogP contribution in [-0.2, 0) is 22.6 Å². The molecule has 26 heavy (non-hydrogen) atoms. The van der Waals surface area contributed by atoms with Gasteiger partial charge in [0, 0.05) is 6.54 Å². The Morgan fingerprint density at radius 3 is 2.62 bits per heavy atom.